The zero-order valence-corrected chi connectivity index (χ0v) is 16.4. The standard InChI is InChI=1S/C20H27N5O2/c1-13(18-14(2)23-24(4)15(18)3)22-19(26)16-8-11-25(12-9-16)20(27)17-7-5-6-10-21-17/h5-7,10,13,16H,8-9,11-12H2,1-4H3,(H,22,26)/t13-/m0/s1. The lowest BCUT2D eigenvalue weighted by molar-refractivity contribution is -0.127. The third-order valence-electron chi connectivity index (χ3n) is 5.39. The third kappa shape index (κ3) is 4.02. The second kappa shape index (κ2) is 7.90. The van der Waals surface area contributed by atoms with Crippen LogP contribution in [0.2, 0.25) is 0 Å². The molecule has 1 atom stereocenters. The number of carbonyl (C=O) groups excluding carboxylic acids is 2. The molecule has 1 N–H and O–H groups in total. The monoisotopic (exact) mass is 369 g/mol. The Balaban J connectivity index is 1.56. The molecule has 2 aromatic rings. The minimum atomic E-state index is -0.0839. The zero-order valence-electron chi connectivity index (χ0n) is 16.4. The van der Waals surface area contributed by atoms with Gasteiger partial charge in [-0.05, 0) is 45.7 Å². The van der Waals surface area contributed by atoms with Gasteiger partial charge in [-0.3, -0.25) is 19.3 Å². The SMILES string of the molecule is Cc1nn(C)c(C)c1[C@H](C)NC(=O)C1CCN(C(=O)c2ccccn2)CC1. The normalized spacial score (nSPS) is 16.2. The average molecular weight is 369 g/mol. The van der Waals surface area contributed by atoms with E-state index in [-0.39, 0.29) is 23.8 Å². The van der Waals surface area contributed by atoms with E-state index in [0.717, 1.165) is 17.0 Å². The first-order chi connectivity index (χ1) is 12.9. The number of aryl methyl sites for hydroxylation is 2. The predicted octanol–water partition coefficient (Wildman–Crippen LogP) is 2.16. The lowest BCUT2D eigenvalue weighted by Gasteiger charge is -2.31. The molecule has 2 amide bonds. The maximum Gasteiger partial charge on any atom is 0.272 e. The van der Waals surface area contributed by atoms with Gasteiger partial charge in [0.05, 0.1) is 11.7 Å². The summed E-state index contributed by atoms with van der Waals surface area (Å²) in [6.07, 6.45) is 2.96. The molecule has 0 radical (unpaired) electrons. The summed E-state index contributed by atoms with van der Waals surface area (Å²) < 4.78 is 1.84. The van der Waals surface area contributed by atoms with Crippen LogP contribution < -0.4 is 5.32 Å². The molecule has 0 bridgehead atoms. The highest BCUT2D eigenvalue weighted by atomic mass is 16.2. The number of pyridine rings is 1. The molecule has 0 aliphatic carbocycles. The number of likely N-dealkylation sites (tertiary alicyclic amines) is 1. The van der Waals surface area contributed by atoms with Crippen LogP contribution >= 0.6 is 0 Å². The van der Waals surface area contributed by atoms with Crippen LogP contribution in [0.4, 0.5) is 0 Å². The summed E-state index contributed by atoms with van der Waals surface area (Å²) in [4.78, 5) is 31.1. The van der Waals surface area contributed by atoms with Gasteiger partial charge >= 0.3 is 0 Å². The summed E-state index contributed by atoms with van der Waals surface area (Å²) in [5.74, 6) is -0.0861. The Bertz CT molecular complexity index is 822. The van der Waals surface area contributed by atoms with E-state index in [4.69, 9.17) is 0 Å². The fraction of sp³-hybridized carbons (Fsp3) is 0.500. The summed E-state index contributed by atoms with van der Waals surface area (Å²) in [5, 5.41) is 7.55. The molecule has 27 heavy (non-hydrogen) atoms. The minimum Gasteiger partial charge on any atom is -0.349 e. The van der Waals surface area contributed by atoms with E-state index in [9.17, 15) is 9.59 Å². The van der Waals surface area contributed by atoms with Crippen molar-refractivity contribution in [1.29, 1.82) is 0 Å². The fourth-order valence-electron chi connectivity index (χ4n) is 3.82. The molecule has 1 aliphatic heterocycles. The summed E-state index contributed by atoms with van der Waals surface area (Å²) in [5.41, 5.74) is 3.54. The van der Waals surface area contributed by atoms with Crippen LogP contribution in [0.1, 0.15) is 53.2 Å². The van der Waals surface area contributed by atoms with Gasteiger partial charge in [-0.2, -0.15) is 5.10 Å². The Morgan fingerprint density at radius 3 is 2.48 bits per heavy atom. The number of hydrogen-bond donors (Lipinski definition) is 1. The molecule has 0 saturated carbocycles. The van der Waals surface area contributed by atoms with Crippen molar-refractivity contribution in [1.82, 2.24) is 25.0 Å². The highest BCUT2D eigenvalue weighted by molar-refractivity contribution is 5.92. The first-order valence-electron chi connectivity index (χ1n) is 9.39. The molecule has 3 rings (SSSR count). The van der Waals surface area contributed by atoms with E-state index in [1.807, 2.05) is 38.6 Å². The van der Waals surface area contributed by atoms with Crippen molar-refractivity contribution in [3.63, 3.8) is 0 Å². The van der Waals surface area contributed by atoms with Crippen LogP contribution in [0.15, 0.2) is 24.4 Å². The molecule has 1 aliphatic rings. The molecule has 7 heteroatoms. The third-order valence-corrected chi connectivity index (χ3v) is 5.39. The van der Waals surface area contributed by atoms with Crippen molar-refractivity contribution >= 4 is 11.8 Å². The van der Waals surface area contributed by atoms with Gasteiger partial charge in [0, 0.05) is 43.5 Å². The van der Waals surface area contributed by atoms with Crippen LogP contribution in [0, 0.1) is 19.8 Å². The van der Waals surface area contributed by atoms with E-state index < -0.39 is 0 Å². The van der Waals surface area contributed by atoms with Crippen LogP contribution in [0.5, 0.6) is 0 Å². The number of hydrogen-bond acceptors (Lipinski definition) is 4. The maximum atomic E-state index is 12.7. The van der Waals surface area contributed by atoms with E-state index in [1.165, 1.54) is 0 Å². The molecular weight excluding hydrogens is 342 g/mol. The molecule has 0 aromatic carbocycles. The summed E-state index contributed by atoms with van der Waals surface area (Å²) in [6.45, 7) is 7.13. The molecule has 144 valence electrons. The number of nitrogens with zero attached hydrogens (tertiary/aromatic N) is 4. The molecule has 0 unspecified atom stereocenters. The molecule has 3 heterocycles. The summed E-state index contributed by atoms with van der Waals surface area (Å²) >= 11 is 0. The quantitative estimate of drug-likeness (QED) is 0.896. The second-order valence-electron chi connectivity index (χ2n) is 7.22. The van der Waals surface area contributed by atoms with Gasteiger partial charge in [0.1, 0.15) is 5.69 Å². The number of piperidine rings is 1. The Morgan fingerprint density at radius 2 is 1.93 bits per heavy atom. The minimum absolute atomic E-state index is 0.0510. The van der Waals surface area contributed by atoms with Crippen molar-refractivity contribution < 1.29 is 9.59 Å². The van der Waals surface area contributed by atoms with Crippen LogP contribution in [-0.4, -0.2) is 44.6 Å². The Hall–Kier alpha value is -2.70. The highest BCUT2D eigenvalue weighted by Crippen LogP contribution is 2.23. The number of nitrogens with one attached hydrogen (secondary N) is 1. The molecular formula is C20H27N5O2. The number of aromatic nitrogens is 3. The Labute approximate surface area is 159 Å². The largest absolute Gasteiger partial charge is 0.349 e. The first kappa shape index (κ1) is 19.1. The second-order valence-corrected chi connectivity index (χ2v) is 7.22. The predicted molar refractivity (Wildman–Crippen MR) is 102 cm³/mol. The van der Waals surface area contributed by atoms with E-state index in [1.54, 1.807) is 23.2 Å². The van der Waals surface area contributed by atoms with Crippen molar-refractivity contribution in [3.05, 3.63) is 47.0 Å². The van der Waals surface area contributed by atoms with Gasteiger partial charge < -0.3 is 10.2 Å². The zero-order chi connectivity index (χ0) is 19.6. The van der Waals surface area contributed by atoms with Gasteiger partial charge in [0.2, 0.25) is 5.91 Å². The number of amides is 2. The topological polar surface area (TPSA) is 80.1 Å². The summed E-state index contributed by atoms with van der Waals surface area (Å²) in [7, 11) is 1.91. The molecule has 2 aromatic heterocycles. The van der Waals surface area contributed by atoms with E-state index in [2.05, 4.69) is 15.4 Å². The molecule has 1 saturated heterocycles. The number of carbonyl (C=O) groups is 2. The molecule has 0 spiro atoms. The van der Waals surface area contributed by atoms with Crippen LogP contribution in [-0.2, 0) is 11.8 Å². The first-order valence-corrected chi connectivity index (χ1v) is 9.39. The lowest BCUT2D eigenvalue weighted by Crippen LogP contribution is -2.43. The smallest absolute Gasteiger partial charge is 0.272 e. The van der Waals surface area contributed by atoms with Crippen molar-refractivity contribution in [3.8, 4) is 0 Å². The molecule has 1 fully saturated rings. The lowest BCUT2D eigenvalue weighted by atomic mass is 9.94. The average Bonchev–Trinajstić information content (AvgIpc) is 2.93. The van der Waals surface area contributed by atoms with Crippen molar-refractivity contribution in [2.45, 2.75) is 39.7 Å². The van der Waals surface area contributed by atoms with Gasteiger partial charge in [0.15, 0.2) is 0 Å². The highest BCUT2D eigenvalue weighted by Gasteiger charge is 2.29. The van der Waals surface area contributed by atoms with Crippen LogP contribution in [0.25, 0.3) is 0 Å². The summed E-state index contributed by atoms with van der Waals surface area (Å²) in [6, 6.07) is 5.24. The van der Waals surface area contributed by atoms with Gasteiger partial charge in [-0.1, -0.05) is 6.07 Å². The van der Waals surface area contributed by atoms with E-state index >= 15 is 0 Å². The fourth-order valence-corrected chi connectivity index (χ4v) is 3.82. The van der Waals surface area contributed by atoms with Crippen LogP contribution in [0.3, 0.4) is 0 Å². The Kier molecular flexibility index (Phi) is 5.58. The van der Waals surface area contributed by atoms with Crippen molar-refractivity contribution in [2.75, 3.05) is 13.1 Å². The Morgan fingerprint density at radius 1 is 1.22 bits per heavy atom. The van der Waals surface area contributed by atoms with Crippen molar-refractivity contribution in [2.24, 2.45) is 13.0 Å². The number of rotatable bonds is 4. The van der Waals surface area contributed by atoms with Gasteiger partial charge in [0.25, 0.3) is 5.91 Å². The maximum absolute atomic E-state index is 12.7. The molecule has 7 nitrogen and oxygen atoms in total. The van der Waals surface area contributed by atoms with Gasteiger partial charge in [-0.15, -0.1) is 0 Å². The van der Waals surface area contributed by atoms with E-state index in [0.29, 0.717) is 31.6 Å². The van der Waals surface area contributed by atoms with Gasteiger partial charge in [-0.25, -0.2) is 0 Å².